The van der Waals surface area contributed by atoms with Crippen molar-refractivity contribution in [3.05, 3.63) is 16.6 Å². The van der Waals surface area contributed by atoms with Crippen LogP contribution in [0.25, 0.3) is 0 Å². The summed E-state index contributed by atoms with van der Waals surface area (Å²) in [5.41, 5.74) is 1.87. The first-order chi connectivity index (χ1) is 7.56. The molecule has 1 aromatic heterocycles. The van der Waals surface area contributed by atoms with Gasteiger partial charge in [0.25, 0.3) is 5.91 Å². The van der Waals surface area contributed by atoms with Crippen molar-refractivity contribution in [2.75, 3.05) is 6.54 Å². The third-order valence-corrected chi connectivity index (χ3v) is 2.93. The van der Waals surface area contributed by atoms with Crippen molar-refractivity contribution in [3.8, 4) is 0 Å². The molecule has 0 aliphatic heterocycles. The van der Waals surface area contributed by atoms with Gasteiger partial charge in [0.2, 0.25) is 0 Å². The molecule has 5 nitrogen and oxygen atoms in total. The van der Waals surface area contributed by atoms with Gasteiger partial charge in [-0.1, -0.05) is 6.92 Å². The number of thiazole rings is 1. The van der Waals surface area contributed by atoms with Crippen LogP contribution in [-0.4, -0.2) is 39.5 Å². The van der Waals surface area contributed by atoms with Crippen LogP contribution in [0.5, 0.6) is 0 Å². The number of carbonyl (C=O) groups excluding carboxylic acids is 1. The predicted octanol–water partition coefficient (Wildman–Crippen LogP) is 1.47. The molecule has 1 amide bonds. The smallest absolute Gasteiger partial charge is 0.323 e. The van der Waals surface area contributed by atoms with Gasteiger partial charge in [0.1, 0.15) is 12.2 Å². The lowest BCUT2D eigenvalue weighted by atomic mass is 10.2. The Hall–Kier alpha value is -1.43. The Morgan fingerprint density at radius 3 is 2.75 bits per heavy atom. The Morgan fingerprint density at radius 2 is 2.31 bits per heavy atom. The van der Waals surface area contributed by atoms with E-state index in [2.05, 4.69) is 4.98 Å². The molecule has 88 valence electrons. The Bertz CT molecular complexity index is 364. The summed E-state index contributed by atoms with van der Waals surface area (Å²) in [7, 11) is 0. The van der Waals surface area contributed by atoms with Crippen LogP contribution in [0.3, 0.4) is 0 Å². The van der Waals surface area contributed by atoms with Gasteiger partial charge in [-0.3, -0.25) is 9.59 Å². The fraction of sp³-hybridized carbons (Fsp3) is 0.500. The van der Waals surface area contributed by atoms with Crippen LogP contribution in [0, 0.1) is 0 Å². The number of carboxylic acid groups (broad SMARTS) is 1. The second-order valence-electron chi connectivity index (χ2n) is 3.46. The molecule has 0 saturated heterocycles. The summed E-state index contributed by atoms with van der Waals surface area (Å²) in [4.78, 5) is 27.9. The number of aliphatic carboxylic acids is 1. The van der Waals surface area contributed by atoms with E-state index in [-0.39, 0.29) is 18.5 Å². The molecule has 0 aliphatic rings. The number of hydrogen-bond acceptors (Lipinski definition) is 4. The highest BCUT2D eigenvalue weighted by Gasteiger charge is 2.23. The second-order valence-corrected chi connectivity index (χ2v) is 4.18. The third kappa shape index (κ3) is 3.03. The van der Waals surface area contributed by atoms with Crippen LogP contribution >= 0.6 is 11.3 Å². The van der Waals surface area contributed by atoms with Crippen LogP contribution < -0.4 is 0 Å². The highest BCUT2D eigenvalue weighted by Crippen LogP contribution is 2.10. The van der Waals surface area contributed by atoms with E-state index in [9.17, 15) is 9.59 Å². The van der Waals surface area contributed by atoms with Gasteiger partial charge in [-0.2, -0.15) is 0 Å². The van der Waals surface area contributed by atoms with E-state index in [0.717, 1.165) is 0 Å². The fourth-order valence-corrected chi connectivity index (χ4v) is 1.79. The summed E-state index contributed by atoms with van der Waals surface area (Å²) in [5, 5.41) is 10.4. The first-order valence-electron chi connectivity index (χ1n) is 4.97. The topological polar surface area (TPSA) is 70.5 Å². The summed E-state index contributed by atoms with van der Waals surface area (Å²) in [6.45, 7) is 3.45. The minimum atomic E-state index is -1.01. The largest absolute Gasteiger partial charge is 0.480 e. The van der Waals surface area contributed by atoms with Crippen LogP contribution in [0.2, 0.25) is 0 Å². The summed E-state index contributed by atoms with van der Waals surface area (Å²) in [5.74, 6) is -1.33. The third-order valence-electron chi connectivity index (χ3n) is 2.34. The predicted molar refractivity (Wildman–Crippen MR) is 60.5 cm³/mol. The number of carbonyl (C=O) groups is 2. The summed E-state index contributed by atoms with van der Waals surface area (Å²) < 4.78 is 0. The molecule has 1 heterocycles. The van der Waals surface area contributed by atoms with Gasteiger partial charge in [-0.25, -0.2) is 4.98 Å². The first kappa shape index (κ1) is 12.6. The average molecular weight is 242 g/mol. The Balaban J connectivity index is 2.84. The normalized spacial score (nSPS) is 12.1. The van der Waals surface area contributed by atoms with E-state index >= 15 is 0 Å². The molecule has 0 aliphatic carbocycles. The van der Waals surface area contributed by atoms with Crippen molar-refractivity contribution in [2.24, 2.45) is 0 Å². The van der Waals surface area contributed by atoms with Crippen molar-refractivity contribution in [1.82, 2.24) is 9.88 Å². The molecule has 1 N–H and O–H groups in total. The second kappa shape index (κ2) is 5.60. The molecular weight excluding hydrogens is 228 g/mol. The van der Waals surface area contributed by atoms with Crippen molar-refractivity contribution in [3.63, 3.8) is 0 Å². The maximum absolute atomic E-state index is 11.9. The summed E-state index contributed by atoms with van der Waals surface area (Å²) >= 11 is 1.32. The van der Waals surface area contributed by atoms with E-state index in [1.165, 1.54) is 16.2 Å². The summed E-state index contributed by atoms with van der Waals surface area (Å²) in [6.07, 6.45) is 0.711. The van der Waals surface area contributed by atoms with E-state index in [1.54, 1.807) is 10.9 Å². The van der Waals surface area contributed by atoms with E-state index in [4.69, 9.17) is 5.11 Å². The minimum absolute atomic E-state index is 0.106. The van der Waals surface area contributed by atoms with Gasteiger partial charge < -0.3 is 10.0 Å². The number of nitrogens with zero attached hydrogens (tertiary/aromatic N) is 2. The molecule has 1 unspecified atom stereocenters. The van der Waals surface area contributed by atoms with Gasteiger partial charge in [0.15, 0.2) is 0 Å². The van der Waals surface area contributed by atoms with Crippen molar-refractivity contribution >= 4 is 23.2 Å². The molecule has 6 heteroatoms. The maximum atomic E-state index is 11.9. The van der Waals surface area contributed by atoms with Crippen LogP contribution in [0.4, 0.5) is 0 Å². The Kier molecular flexibility index (Phi) is 4.42. The van der Waals surface area contributed by atoms with Crippen LogP contribution in [0.15, 0.2) is 10.9 Å². The number of aromatic nitrogens is 1. The number of rotatable bonds is 5. The molecule has 0 spiro atoms. The van der Waals surface area contributed by atoms with Gasteiger partial charge in [-0.15, -0.1) is 11.3 Å². The van der Waals surface area contributed by atoms with Crippen LogP contribution in [-0.2, 0) is 4.79 Å². The molecule has 16 heavy (non-hydrogen) atoms. The molecule has 0 bridgehead atoms. The lowest BCUT2D eigenvalue weighted by Gasteiger charge is -2.26. The Morgan fingerprint density at radius 1 is 1.62 bits per heavy atom. The van der Waals surface area contributed by atoms with Crippen LogP contribution in [0.1, 0.15) is 30.8 Å². The fourth-order valence-electron chi connectivity index (χ4n) is 1.26. The molecule has 1 atom stereocenters. The zero-order chi connectivity index (χ0) is 12.1. The minimum Gasteiger partial charge on any atom is -0.480 e. The van der Waals surface area contributed by atoms with E-state index in [0.29, 0.717) is 12.1 Å². The monoisotopic (exact) mass is 242 g/mol. The van der Waals surface area contributed by atoms with Gasteiger partial charge in [-0.05, 0) is 13.3 Å². The van der Waals surface area contributed by atoms with Crippen molar-refractivity contribution in [2.45, 2.75) is 26.3 Å². The quantitative estimate of drug-likeness (QED) is 0.848. The standard InChI is InChI=1S/C10H14N2O3S/c1-3-7(2)12(4-9(13)14)10(15)8-5-16-6-11-8/h5-7H,3-4H2,1-2H3,(H,13,14). The number of carboxylic acids is 1. The molecule has 1 aromatic rings. The molecule has 0 saturated carbocycles. The SMILES string of the molecule is CCC(C)N(CC(=O)O)C(=O)c1cscn1. The zero-order valence-electron chi connectivity index (χ0n) is 9.21. The van der Waals surface area contributed by atoms with Crippen molar-refractivity contribution < 1.29 is 14.7 Å². The van der Waals surface area contributed by atoms with E-state index < -0.39 is 5.97 Å². The number of hydrogen-bond donors (Lipinski definition) is 1. The molecule has 0 aromatic carbocycles. The van der Waals surface area contributed by atoms with Gasteiger partial charge in [0, 0.05) is 11.4 Å². The number of amides is 1. The lowest BCUT2D eigenvalue weighted by Crippen LogP contribution is -2.41. The van der Waals surface area contributed by atoms with Gasteiger partial charge >= 0.3 is 5.97 Å². The van der Waals surface area contributed by atoms with Gasteiger partial charge in [0.05, 0.1) is 5.51 Å². The zero-order valence-corrected chi connectivity index (χ0v) is 10.0. The average Bonchev–Trinajstić information content (AvgIpc) is 2.77. The summed E-state index contributed by atoms with van der Waals surface area (Å²) in [6, 6.07) is -0.106. The maximum Gasteiger partial charge on any atom is 0.323 e. The molecule has 0 radical (unpaired) electrons. The highest BCUT2D eigenvalue weighted by molar-refractivity contribution is 7.07. The lowest BCUT2D eigenvalue weighted by molar-refractivity contribution is -0.138. The molecule has 0 fully saturated rings. The van der Waals surface area contributed by atoms with Crippen molar-refractivity contribution in [1.29, 1.82) is 0 Å². The molecular formula is C10H14N2O3S. The highest BCUT2D eigenvalue weighted by atomic mass is 32.1. The first-order valence-corrected chi connectivity index (χ1v) is 5.91. The van der Waals surface area contributed by atoms with E-state index in [1.807, 2.05) is 13.8 Å². The Labute approximate surface area is 97.7 Å². The molecule has 1 rings (SSSR count).